The minimum Gasteiger partial charge on any atom is -0.394 e. The number of nitrogens with one attached hydrogen (secondary N) is 1. The minimum atomic E-state index is -0.279. The van der Waals surface area contributed by atoms with Crippen LogP contribution in [-0.2, 0) is 4.79 Å². The molecule has 3 nitrogen and oxygen atoms in total. The van der Waals surface area contributed by atoms with Gasteiger partial charge in [0.1, 0.15) is 0 Å². The molecule has 1 amide bonds. The summed E-state index contributed by atoms with van der Waals surface area (Å²) in [7, 11) is 0. The van der Waals surface area contributed by atoms with Crippen LogP contribution in [0.1, 0.15) is 51.4 Å². The van der Waals surface area contributed by atoms with Crippen LogP contribution >= 0.6 is 0 Å². The number of hydrogen-bond donors (Lipinski definition) is 2. The normalized spacial score (nSPS) is 38.5. The first-order chi connectivity index (χ1) is 8.22. The van der Waals surface area contributed by atoms with Crippen molar-refractivity contribution in [1.82, 2.24) is 5.32 Å². The van der Waals surface area contributed by atoms with E-state index in [1.54, 1.807) is 0 Å². The van der Waals surface area contributed by atoms with Crippen molar-refractivity contribution >= 4 is 5.91 Å². The van der Waals surface area contributed by atoms with Crippen molar-refractivity contribution < 1.29 is 9.90 Å². The third-order valence-corrected chi connectivity index (χ3v) is 5.33. The van der Waals surface area contributed by atoms with Crippen LogP contribution in [0.15, 0.2) is 0 Å². The van der Waals surface area contributed by atoms with Gasteiger partial charge in [0.2, 0.25) is 5.91 Å². The maximum Gasteiger partial charge on any atom is 0.223 e. The van der Waals surface area contributed by atoms with Crippen LogP contribution in [0.4, 0.5) is 0 Å². The molecule has 0 radical (unpaired) electrons. The Morgan fingerprint density at radius 2 is 2.00 bits per heavy atom. The molecule has 0 aromatic rings. The molecule has 3 unspecified atom stereocenters. The number of amides is 1. The molecule has 0 aromatic carbocycles. The molecule has 3 fully saturated rings. The highest BCUT2D eigenvalue weighted by Crippen LogP contribution is 2.48. The quantitative estimate of drug-likeness (QED) is 0.787. The first kappa shape index (κ1) is 11.5. The van der Waals surface area contributed by atoms with Crippen molar-refractivity contribution in [1.29, 1.82) is 0 Å². The highest BCUT2D eigenvalue weighted by Gasteiger charge is 2.45. The van der Waals surface area contributed by atoms with Crippen LogP contribution in [-0.4, -0.2) is 23.2 Å². The molecule has 17 heavy (non-hydrogen) atoms. The lowest BCUT2D eigenvalue weighted by molar-refractivity contribution is -0.129. The maximum atomic E-state index is 12.3. The summed E-state index contributed by atoms with van der Waals surface area (Å²) < 4.78 is 0. The largest absolute Gasteiger partial charge is 0.394 e. The molecule has 0 saturated heterocycles. The predicted octanol–water partition coefficient (Wildman–Crippen LogP) is 1.84. The van der Waals surface area contributed by atoms with Crippen molar-refractivity contribution in [2.24, 2.45) is 17.8 Å². The molecule has 3 aliphatic carbocycles. The Labute approximate surface area is 103 Å². The van der Waals surface area contributed by atoms with Crippen LogP contribution in [0.5, 0.6) is 0 Å². The Morgan fingerprint density at radius 3 is 2.53 bits per heavy atom. The van der Waals surface area contributed by atoms with Gasteiger partial charge < -0.3 is 10.4 Å². The molecule has 0 spiro atoms. The number of fused-ring (bicyclic) bond motifs is 2. The van der Waals surface area contributed by atoms with Gasteiger partial charge in [-0.2, -0.15) is 0 Å². The topological polar surface area (TPSA) is 49.3 Å². The molecule has 2 bridgehead atoms. The zero-order chi connectivity index (χ0) is 11.9. The summed E-state index contributed by atoms with van der Waals surface area (Å²) in [5.74, 6) is 1.92. The van der Waals surface area contributed by atoms with E-state index < -0.39 is 0 Å². The average molecular weight is 237 g/mol. The smallest absolute Gasteiger partial charge is 0.223 e. The van der Waals surface area contributed by atoms with E-state index in [-0.39, 0.29) is 24.0 Å². The number of aliphatic hydroxyl groups is 1. The third-order valence-electron chi connectivity index (χ3n) is 5.33. The SMILES string of the molecule is O=C(NC1(CO)CCCC1)C1CC2CCC1C2. The molecule has 96 valence electrons. The highest BCUT2D eigenvalue weighted by atomic mass is 16.3. The second kappa shape index (κ2) is 4.27. The fraction of sp³-hybridized carbons (Fsp3) is 0.929. The molecule has 3 saturated carbocycles. The Bertz CT molecular complexity index is 309. The van der Waals surface area contributed by atoms with Crippen molar-refractivity contribution in [2.45, 2.75) is 56.9 Å². The van der Waals surface area contributed by atoms with Crippen LogP contribution < -0.4 is 5.32 Å². The van der Waals surface area contributed by atoms with E-state index in [9.17, 15) is 9.90 Å². The standard InChI is InChI=1S/C14H23NO2/c16-9-14(5-1-2-6-14)15-13(17)12-8-10-3-4-11(12)7-10/h10-12,16H,1-9H2,(H,15,17). The van der Waals surface area contributed by atoms with Gasteiger partial charge in [-0.1, -0.05) is 19.3 Å². The van der Waals surface area contributed by atoms with E-state index in [1.165, 1.54) is 19.3 Å². The highest BCUT2D eigenvalue weighted by molar-refractivity contribution is 5.80. The molecule has 0 aliphatic heterocycles. The zero-order valence-corrected chi connectivity index (χ0v) is 10.5. The Morgan fingerprint density at radius 1 is 1.24 bits per heavy atom. The second-order valence-electron chi connectivity index (χ2n) is 6.42. The van der Waals surface area contributed by atoms with Crippen LogP contribution in [0.3, 0.4) is 0 Å². The van der Waals surface area contributed by atoms with Crippen LogP contribution in [0, 0.1) is 17.8 Å². The predicted molar refractivity (Wildman–Crippen MR) is 65.4 cm³/mol. The van der Waals surface area contributed by atoms with Gasteiger partial charge in [0.05, 0.1) is 12.1 Å². The lowest BCUT2D eigenvalue weighted by Gasteiger charge is -2.31. The number of carbonyl (C=O) groups excluding carboxylic acids is 1. The van der Waals surface area contributed by atoms with Gasteiger partial charge in [-0.3, -0.25) is 4.79 Å². The molecule has 3 atom stereocenters. The lowest BCUT2D eigenvalue weighted by Crippen LogP contribution is -2.51. The zero-order valence-electron chi connectivity index (χ0n) is 10.5. The van der Waals surface area contributed by atoms with E-state index in [4.69, 9.17) is 0 Å². The van der Waals surface area contributed by atoms with Crippen molar-refractivity contribution in [3.05, 3.63) is 0 Å². The van der Waals surface area contributed by atoms with Gasteiger partial charge in [0, 0.05) is 5.92 Å². The Kier molecular flexibility index (Phi) is 2.89. The summed E-state index contributed by atoms with van der Waals surface area (Å²) in [6.07, 6.45) is 9.12. The summed E-state index contributed by atoms with van der Waals surface area (Å²) in [5, 5.41) is 12.7. The summed E-state index contributed by atoms with van der Waals surface area (Å²) in [6, 6.07) is 0. The Hall–Kier alpha value is -0.570. The number of rotatable bonds is 3. The maximum absolute atomic E-state index is 12.3. The average Bonchev–Trinajstić information content (AvgIpc) is 3.04. The molecule has 0 aromatic heterocycles. The molecule has 3 aliphatic rings. The van der Waals surface area contributed by atoms with Crippen molar-refractivity contribution in [3.63, 3.8) is 0 Å². The van der Waals surface area contributed by atoms with E-state index in [1.807, 2.05) is 0 Å². The summed E-state index contributed by atoms with van der Waals surface area (Å²) in [4.78, 5) is 12.3. The van der Waals surface area contributed by atoms with Crippen molar-refractivity contribution in [3.8, 4) is 0 Å². The number of carbonyl (C=O) groups is 1. The number of hydrogen-bond acceptors (Lipinski definition) is 2. The van der Waals surface area contributed by atoms with Gasteiger partial charge in [-0.15, -0.1) is 0 Å². The summed E-state index contributed by atoms with van der Waals surface area (Å²) in [6.45, 7) is 0.111. The molecule has 2 N–H and O–H groups in total. The minimum absolute atomic E-state index is 0.111. The van der Waals surface area contributed by atoms with Gasteiger partial charge in [-0.25, -0.2) is 0 Å². The van der Waals surface area contributed by atoms with Gasteiger partial charge in [0.25, 0.3) is 0 Å². The monoisotopic (exact) mass is 237 g/mol. The van der Waals surface area contributed by atoms with Crippen molar-refractivity contribution in [2.75, 3.05) is 6.61 Å². The lowest BCUT2D eigenvalue weighted by atomic mass is 9.87. The first-order valence-electron chi connectivity index (χ1n) is 7.15. The van der Waals surface area contributed by atoms with Gasteiger partial charge >= 0.3 is 0 Å². The molecular weight excluding hydrogens is 214 g/mol. The van der Waals surface area contributed by atoms with E-state index in [0.29, 0.717) is 5.92 Å². The second-order valence-corrected chi connectivity index (χ2v) is 6.42. The van der Waals surface area contributed by atoms with Crippen LogP contribution in [0.2, 0.25) is 0 Å². The van der Waals surface area contributed by atoms with E-state index in [2.05, 4.69) is 5.32 Å². The fourth-order valence-electron chi connectivity index (χ4n) is 4.29. The van der Waals surface area contributed by atoms with Gasteiger partial charge in [-0.05, 0) is 43.9 Å². The number of aliphatic hydroxyl groups excluding tert-OH is 1. The summed E-state index contributed by atoms with van der Waals surface area (Å²) in [5.41, 5.74) is -0.279. The first-order valence-corrected chi connectivity index (χ1v) is 7.15. The molecule has 0 heterocycles. The Balaban J connectivity index is 1.63. The third kappa shape index (κ3) is 1.99. The molecule has 3 rings (SSSR count). The van der Waals surface area contributed by atoms with E-state index in [0.717, 1.165) is 38.0 Å². The fourth-order valence-corrected chi connectivity index (χ4v) is 4.29. The molecular formula is C14H23NO2. The van der Waals surface area contributed by atoms with E-state index >= 15 is 0 Å². The summed E-state index contributed by atoms with van der Waals surface area (Å²) >= 11 is 0. The van der Waals surface area contributed by atoms with Gasteiger partial charge in [0.15, 0.2) is 0 Å². The van der Waals surface area contributed by atoms with Crippen LogP contribution in [0.25, 0.3) is 0 Å². The molecule has 3 heteroatoms.